The van der Waals surface area contributed by atoms with Crippen LogP contribution in [-0.4, -0.2) is 9.97 Å². The second kappa shape index (κ2) is 5.60. The summed E-state index contributed by atoms with van der Waals surface area (Å²) >= 11 is 9.57. The molecule has 2 N–H and O–H groups in total. The van der Waals surface area contributed by atoms with Crippen LogP contribution in [0.5, 0.6) is 0 Å². The monoisotopic (exact) mass is 321 g/mol. The summed E-state index contributed by atoms with van der Waals surface area (Å²) in [7, 11) is 0. The minimum absolute atomic E-state index is 0.584. The number of benzene rings is 1. The van der Waals surface area contributed by atoms with E-state index in [4.69, 9.17) is 17.3 Å². The van der Waals surface area contributed by atoms with Gasteiger partial charge in [-0.25, -0.2) is 4.98 Å². The van der Waals surface area contributed by atoms with E-state index in [0.29, 0.717) is 10.9 Å². The van der Waals surface area contributed by atoms with Crippen LogP contribution in [0.3, 0.4) is 0 Å². The standard InChI is InChI=1S/C14H12ClN3S2/c1-8-9-4-2-3-5-10(9)18-11(13(8)15)7-19-12-6-17-14(16)20-12/h2-6H,7H2,1H3,(H2,16,17). The van der Waals surface area contributed by atoms with Gasteiger partial charge in [0.05, 0.1) is 26.6 Å². The maximum absolute atomic E-state index is 6.43. The third-order valence-corrected chi connectivity index (χ3v) is 5.53. The van der Waals surface area contributed by atoms with Crippen molar-refractivity contribution in [2.24, 2.45) is 0 Å². The maximum atomic E-state index is 6.43. The molecule has 0 unspecified atom stereocenters. The number of halogens is 1. The third kappa shape index (κ3) is 2.61. The summed E-state index contributed by atoms with van der Waals surface area (Å²) in [6.07, 6.45) is 1.78. The van der Waals surface area contributed by atoms with Crippen molar-refractivity contribution in [2.45, 2.75) is 16.9 Å². The van der Waals surface area contributed by atoms with Crippen LogP contribution in [0.1, 0.15) is 11.3 Å². The number of pyridine rings is 1. The molecule has 0 aliphatic rings. The van der Waals surface area contributed by atoms with Crippen molar-refractivity contribution < 1.29 is 0 Å². The smallest absolute Gasteiger partial charge is 0.181 e. The molecule has 2 aromatic heterocycles. The van der Waals surface area contributed by atoms with Gasteiger partial charge in [-0.3, -0.25) is 4.98 Å². The van der Waals surface area contributed by atoms with E-state index >= 15 is 0 Å². The van der Waals surface area contributed by atoms with Crippen molar-refractivity contribution in [1.82, 2.24) is 9.97 Å². The SMILES string of the molecule is Cc1c(Cl)c(CSc2cnc(N)s2)nc2ccccc12. The number of nitrogens with two attached hydrogens (primary N) is 1. The average molecular weight is 322 g/mol. The number of anilines is 1. The van der Waals surface area contributed by atoms with Crippen LogP contribution < -0.4 is 5.73 Å². The Morgan fingerprint density at radius 3 is 2.90 bits per heavy atom. The first-order valence-corrected chi connectivity index (χ1v) is 8.21. The summed E-state index contributed by atoms with van der Waals surface area (Å²) in [5.74, 6) is 0.714. The highest BCUT2D eigenvalue weighted by Gasteiger charge is 2.11. The predicted molar refractivity (Wildman–Crippen MR) is 87.6 cm³/mol. The van der Waals surface area contributed by atoms with Crippen LogP contribution >= 0.6 is 34.7 Å². The Kier molecular flexibility index (Phi) is 3.83. The largest absolute Gasteiger partial charge is 0.375 e. The molecular weight excluding hydrogens is 310 g/mol. The number of aromatic nitrogens is 2. The van der Waals surface area contributed by atoms with Crippen molar-refractivity contribution in [3.63, 3.8) is 0 Å². The fraction of sp³-hybridized carbons (Fsp3) is 0.143. The Labute approximate surface area is 130 Å². The molecule has 0 amide bonds. The van der Waals surface area contributed by atoms with Crippen LogP contribution in [0.2, 0.25) is 5.02 Å². The zero-order chi connectivity index (χ0) is 14.1. The molecule has 2 heterocycles. The Balaban J connectivity index is 1.93. The van der Waals surface area contributed by atoms with E-state index in [2.05, 4.69) is 9.97 Å². The van der Waals surface area contributed by atoms with E-state index in [1.54, 1.807) is 18.0 Å². The Morgan fingerprint density at radius 2 is 2.15 bits per heavy atom. The highest BCUT2D eigenvalue weighted by Crippen LogP contribution is 2.33. The number of thiazole rings is 1. The van der Waals surface area contributed by atoms with Gasteiger partial charge in [-0.1, -0.05) is 41.1 Å². The number of hydrogen-bond acceptors (Lipinski definition) is 5. The highest BCUT2D eigenvalue weighted by molar-refractivity contribution is 8.00. The molecule has 0 bridgehead atoms. The lowest BCUT2D eigenvalue weighted by atomic mass is 10.1. The molecule has 3 aromatic rings. The summed E-state index contributed by atoms with van der Waals surface area (Å²) in [5.41, 5.74) is 8.59. The fourth-order valence-corrected chi connectivity index (χ4v) is 3.98. The molecule has 3 nitrogen and oxygen atoms in total. The lowest BCUT2D eigenvalue weighted by Gasteiger charge is -2.09. The van der Waals surface area contributed by atoms with Crippen molar-refractivity contribution in [1.29, 1.82) is 0 Å². The number of para-hydroxylation sites is 1. The molecular formula is C14H12ClN3S2. The van der Waals surface area contributed by atoms with Crippen molar-refractivity contribution >= 4 is 50.7 Å². The first-order valence-electron chi connectivity index (χ1n) is 6.03. The van der Waals surface area contributed by atoms with Crippen LogP contribution in [0.25, 0.3) is 10.9 Å². The maximum Gasteiger partial charge on any atom is 0.181 e. The van der Waals surface area contributed by atoms with E-state index in [-0.39, 0.29) is 0 Å². The van der Waals surface area contributed by atoms with Gasteiger partial charge in [-0.15, -0.1) is 11.8 Å². The van der Waals surface area contributed by atoms with Crippen LogP contribution in [0.4, 0.5) is 5.13 Å². The van der Waals surface area contributed by atoms with Gasteiger partial charge in [0.25, 0.3) is 0 Å². The topological polar surface area (TPSA) is 51.8 Å². The average Bonchev–Trinajstić information content (AvgIpc) is 2.87. The number of nitrogen functional groups attached to an aromatic ring is 1. The summed E-state index contributed by atoms with van der Waals surface area (Å²) in [4.78, 5) is 8.70. The quantitative estimate of drug-likeness (QED) is 0.720. The van der Waals surface area contributed by atoms with E-state index in [1.807, 2.05) is 31.2 Å². The van der Waals surface area contributed by atoms with E-state index in [9.17, 15) is 0 Å². The van der Waals surface area contributed by atoms with Crippen LogP contribution in [0.15, 0.2) is 34.7 Å². The molecule has 102 valence electrons. The summed E-state index contributed by atoms with van der Waals surface area (Å²) in [6.45, 7) is 2.03. The lowest BCUT2D eigenvalue weighted by molar-refractivity contribution is 1.20. The van der Waals surface area contributed by atoms with Crippen LogP contribution in [-0.2, 0) is 5.75 Å². The molecule has 0 aliphatic carbocycles. The minimum atomic E-state index is 0.584. The fourth-order valence-electron chi connectivity index (χ4n) is 1.99. The molecule has 0 radical (unpaired) electrons. The van der Waals surface area contributed by atoms with Gasteiger partial charge in [0, 0.05) is 11.1 Å². The molecule has 20 heavy (non-hydrogen) atoms. The first-order chi connectivity index (χ1) is 9.65. The number of rotatable bonds is 3. The van der Waals surface area contributed by atoms with Gasteiger partial charge in [0.1, 0.15) is 0 Å². The Hall–Kier alpha value is -1.30. The van der Waals surface area contributed by atoms with Crippen LogP contribution in [0, 0.1) is 6.92 Å². The predicted octanol–water partition coefficient (Wildman–Crippen LogP) is 4.53. The van der Waals surface area contributed by atoms with E-state index in [0.717, 1.165) is 31.4 Å². The van der Waals surface area contributed by atoms with Gasteiger partial charge >= 0.3 is 0 Å². The molecule has 3 rings (SSSR count). The first kappa shape index (κ1) is 13.7. The lowest BCUT2D eigenvalue weighted by Crippen LogP contribution is -1.93. The number of thioether (sulfide) groups is 1. The molecule has 0 aliphatic heterocycles. The molecule has 0 saturated carbocycles. The molecule has 0 atom stereocenters. The van der Waals surface area contributed by atoms with Crippen molar-refractivity contribution in [2.75, 3.05) is 5.73 Å². The molecule has 0 fully saturated rings. The van der Waals surface area contributed by atoms with E-state index < -0.39 is 0 Å². The van der Waals surface area contributed by atoms with Gasteiger partial charge in [-0.05, 0) is 18.6 Å². The summed E-state index contributed by atoms with van der Waals surface area (Å²) in [5, 5.41) is 2.43. The second-order valence-electron chi connectivity index (χ2n) is 4.32. The number of nitrogens with zero attached hydrogens (tertiary/aromatic N) is 2. The van der Waals surface area contributed by atoms with Crippen molar-refractivity contribution in [3.05, 3.63) is 46.7 Å². The second-order valence-corrected chi connectivity index (χ2v) is 7.04. The zero-order valence-corrected chi connectivity index (χ0v) is 13.1. The molecule has 6 heteroatoms. The van der Waals surface area contributed by atoms with Gasteiger partial charge in [0.15, 0.2) is 5.13 Å². The number of fused-ring (bicyclic) bond motifs is 1. The van der Waals surface area contributed by atoms with Gasteiger partial charge < -0.3 is 5.73 Å². The number of aryl methyl sites for hydroxylation is 1. The number of hydrogen-bond donors (Lipinski definition) is 1. The molecule has 0 spiro atoms. The Bertz CT molecular complexity index is 770. The summed E-state index contributed by atoms with van der Waals surface area (Å²) in [6, 6.07) is 8.05. The van der Waals surface area contributed by atoms with E-state index in [1.165, 1.54) is 11.3 Å². The zero-order valence-electron chi connectivity index (χ0n) is 10.8. The minimum Gasteiger partial charge on any atom is -0.375 e. The summed E-state index contributed by atoms with van der Waals surface area (Å²) < 4.78 is 1.08. The van der Waals surface area contributed by atoms with Crippen molar-refractivity contribution in [3.8, 4) is 0 Å². The van der Waals surface area contributed by atoms with Gasteiger partial charge in [-0.2, -0.15) is 0 Å². The molecule has 0 saturated heterocycles. The Morgan fingerprint density at radius 1 is 1.35 bits per heavy atom. The van der Waals surface area contributed by atoms with Gasteiger partial charge in [0.2, 0.25) is 0 Å². The molecule has 1 aromatic carbocycles. The highest BCUT2D eigenvalue weighted by atomic mass is 35.5. The third-order valence-electron chi connectivity index (χ3n) is 3.00. The normalized spacial score (nSPS) is 11.1.